The molecule has 1 saturated heterocycles. The Labute approximate surface area is 86.3 Å². The minimum atomic E-state index is -3.03. The largest absolute Gasteiger partial charge is 0.375 e. The molecule has 0 aromatic rings. The molecule has 1 fully saturated rings. The van der Waals surface area contributed by atoms with Crippen molar-refractivity contribution in [3.8, 4) is 0 Å². The molecule has 84 valence electrons. The number of rotatable bonds is 4. The van der Waals surface area contributed by atoms with Gasteiger partial charge in [0.15, 0.2) is 0 Å². The van der Waals surface area contributed by atoms with E-state index in [1.807, 2.05) is 0 Å². The summed E-state index contributed by atoms with van der Waals surface area (Å²) in [4.78, 5) is 0. The van der Waals surface area contributed by atoms with E-state index >= 15 is 0 Å². The van der Waals surface area contributed by atoms with Crippen LogP contribution in [0.25, 0.3) is 0 Å². The van der Waals surface area contributed by atoms with E-state index in [4.69, 9.17) is 4.74 Å². The lowest BCUT2D eigenvalue weighted by molar-refractivity contribution is -0.00633. The molecule has 1 atom stereocenters. The van der Waals surface area contributed by atoms with E-state index in [9.17, 15) is 8.42 Å². The molecule has 1 heterocycles. The van der Waals surface area contributed by atoms with E-state index in [-0.39, 0.29) is 6.10 Å². The van der Waals surface area contributed by atoms with Crippen LogP contribution in [0.2, 0.25) is 0 Å². The number of ether oxygens (including phenoxy) is 1. The predicted molar refractivity (Wildman–Crippen MR) is 55.7 cm³/mol. The third-order valence-corrected chi connectivity index (χ3v) is 3.72. The Kier molecular flexibility index (Phi) is 4.34. The summed E-state index contributed by atoms with van der Waals surface area (Å²) in [7, 11) is -3.03. The third kappa shape index (κ3) is 3.55. The molecule has 1 aliphatic rings. The Morgan fingerprint density at radius 2 is 2.21 bits per heavy atom. The van der Waals surface area contributed by atoms with Gasteiger partial charge in [-0.3, -0.25) is 0 Å². The molecule has 1 rings (SSSR count). The van der Waals surface area contributed by atoms with Gasteiger partial charge < -0.3 is 4.74 Å². The van der Waals surface area contributed by atoms with Crippen molar-refractivity contribution in [1.29, 1.82) is 0 Å². The van der Waals surface area contributed by atoms with Crippen LogP contribution in [0.3, 0.4) is 0 Å². The molecular formula is C9H19NO3S. The zero-order valence-corrected chi connectivity index (χ0v) is 9.72. The second kappa shape index (κ2) is 5.09. The molecule has 0 aromatic carbocycles. The first-order valence-corrected chi connectivity index (χ1v) is 6.95. The Morgan fingerprint density at radius 1 is 1.50 bits per heavy atom. The highest BCUT2D eigenvalue weighted by atomic mass is 32.2. The standard InChI is InChI=1S/C9H19NO3S/c1-3-4-5-9-8-10(6-7-13-9)14(2,11)12/h9H,3-8H2,1-2H3/t9-/m1/s1. The molecule has 14 heavy (non-hydrogen) atoms. The fourth-order valence-corrected chi connectivity index (χ4v) is 2.44. The van der Waals surface area contributed by atoms with Gasteiger partial charge in [0.05, 0.1) is 19.0 Å². The van der Waals surface area contributed by atoms with Gasteiger partial charge in [-0.25, -0.2) is 8.42 Å². The summed E-state index contributed by atoms with van der Waals surface area (Å²) in [6.07, 6.45) is 4.54. The van der Waals surface area contributed by atoms with Crippen LogP contribution in [0, 0.1) is 0 Å². The average molecular weight is 221 g/mol. The van der Waals surface area contributed by atoms with Crippen LogP contribution in [0.5, 0.6) is 0 Å². The number of morpholine rings is 1. The van der Waals surface area contributed by atoms with Crippen LogP contribution in [0.4, 0.5) is 0 Å². The molecule has 0 saturated carbocycles. The molecule has 0 unspecified atom stereocenters. The van der Waals surface area contributed by atoms with Gasteiger partial charge in [0, 0.05) is 13.1 Å². The van der Waals surface area contributed by atoms with Crippen LogP contribution in [-0.2, 0) is 14.8 Å². The zero-order valence-electron chi connectivity index (χ0n) is 8.90. The molecule has 0 radical (unpaired) electrons. The zero-order chi connectivity index (χ0) is 10.6. The van der Waals surface area contributed by atoms with E-state index in [1.165, 1.54) is 10.6 Å². The number of hydrogen-bond donors (Lipinski definition) is 0. The summed E-state index contributed by atoms with van der Waals surface area (Å²) >= 11 is 0. The number of hydrogen-bond acceptors (Lipinski definition) is 3. The smallest absolute Gasteiger partial charge is 0.211 e. The van der Waals surface area contributed by atoms with Crippen molar-refractivity contribution in [2.75, 3.05) is 26.0 Å². The molecule has 0 amide bonds. The second-order valence-corrected chi connectivity index (χ2v) is 5.74. The highest BCUT2D eigenvalue weighted by Gasteiger charge is 2.25. The van der Waals surface area contributed by atoms with E-state index in [0.717, 1.165) is 19.3 Å². The lowest BCUT2D eigenvalue weighted by Gasteiger charge is -2.31. The summed E-state index contributed by atoms with van der Waals surface area (Å²) in [6, 6.07) is 0. The first-order chi connectivity index (χ1) is 6.54. The highest BCUT2D eigenvalue weighted by Crippen LogP contribution is 2.13. The van der Waals surface area contributed by atoms with Gasteiger partial charge in [-0.2, -0.15) is 4.31 Å². The molecule has 0 bridgehead atoms. The van der Waals surface area contributed by atoms with E-state index in [0.29, 0.717) is 19.7 Å². The SMILES string of the molecule is CCCC[C@@H]1CN(S(C)(=O)=O)CCO1. The van der Waals surface area contributed by atoms with Crippen LogP contribution in [-0.4, -0.2) is 44.8 Å². The quantitative estimate of drug-likeness (QED) is 0.706. The lowest BCUT2D eigenvalue weighted by Crippen LogP contribution is -2.45. The van der Waals surface area contributed by atoms with Crippen molar-refractivity contribution in [3.05, 3.63) is 0 Å². The maximum Gasteiger partial charge on any atom is 0.211 e. The molecular weight excluding hydrogens is 202 g/mol. The first kappa shape index (κ1) is 11.9. The van der Waals surface area contributed by atoms with Crippen molar-refractivity contribution < 1.29 is 13.2 Å². The Balaban J connectivity index is 2.44. The molecule has 0 aromatic heterocycles. The fourth-order valence-electron chi connectivity index (χ4n) is 1.60. The van der Waals surface area contributed by atoms with Gasteiger partial charge in [0.25, 0.3) is 0 Å². The Morgan fingerprint density at radius 3 is 2.79 bits per heavy atom. The van der Waals surface area contributed by atoms with Crippen molar-refractivity contribution in [2.45, 2.75) is 32.3 Å². The maximum absolute atomic E-state index is 11.3. The topological polar surface area (TPSA) is 46.6 Å². The molecule has 1 aliphatic heterocycles. The second-order valence-electron chi connectivity index (χ2n) is 3.76. The van der Waals surface area contributed by atoms with Crippen molar-refractivity contribution >= 4 is 10.0 Å². The van der Waals surface area contributed by atoms with Gasteiger partial charge in [-0.15, -0.1) is 0 Å². The summed E-state index contributed by atoms with van der Waals surface area (Å²) in [5.74, 6) is 0. The van der Waals surface area contributed by atoms with Crippen molar-refractivity contribution in [1.82, 2.24) is 4.31 Å². The lowest BCUT2D eigenvalue weighted by atomic mass is 10.1. The third-order valence-electron chi connectivity index (χ3n) is 2.45. The summed E-state index contributed by atoms with van der Waals surface area (Å²) < 4.78 is 29.6. The number of sulfonamides is 1. The maximum atomic E-state index is 11.3. The van der Waals surface area contributed by atoms with Gasteiger partial charge in [-0.1, -0.05) is 19.8 Å². The van der Waals surface area contributed by atoms with Crippen LogP contribution >= 0.6 is 0 Å². The van der Waals surface area contributed by atoms with Gasteiger partial charge in [-0.05, 0) is 6.42 Å². The first-order valence-electron chi connectivity index (χ1n) is 5.10. The fraction of sp³-hybridized carbons (Fsp3) is 1.00. The normalized spacial score (nSPS) is 25.1. The van der Waals surface area contributed by atoms with E-state index in [1.54, 1.807) is 0 Å². The van der Waals surface area contributed by atoms with Crippen LogP contribution in [0.1, 0.15) is 26.2 Å². The molecule has 5 heteroatoms. The van der Waals surface area contributed by atoms with Crippen LogP contribution < -0.4 is 0 Å². The summed E-state index contributed by atoms with van der Waals surface area (Å²) in [6.45, 7) is 3.68. The molecule has 0 spiro atoms. The summed E-state index contributed by atoms with van der Waals surface area (Å²) in [5.41, 5.74) is 0. The van der Waals surface area contributed by atoms with E-state index < -0.39 is 10.0 Å². The van der Waals surface area contributed by atoms with E-state index in [2.05, 4.69) is 6.92 Å². The average Bonchev–Trinajstić information content (AvgIpc) is 2.14. The van der Waals surface area contributed by atoms with Crippen LogP contribution in [0.15, 0.2) is 0 Å². The molecule has 0 N–H and O–H groups in total. The van der Waals surface area contributed by atoms with Gasteiger partial charge in [0.2, 0.25) is 10.0 Å². The summed E-state index contributed by atoms with van der Waals surface area (Å²) in [5, 5.41) is 0. The molecule has 4 nitrogen and oxygen atoms in total. The minimum Gasteiger partial charge on any atom is -0.375 e. The van der Waals surface area contributed by atoms with Crippen molar-refractivity contribution in [2.24, 2.45) is 0 Å². The minimum absolute atomic E-state index is 0.0958. The van der Waals surface area contributed by atoms with Crippen molar-refractivity contribution in [3.63, 3.8) is 0 Å². The Hall–Kier alpha value is -0.130. The number of nitrogens with zero attached hydrogens (tertiary/aromatic N) is 1. The molecule has 0 aliphatic carbocycles. The van der Waals surface area contributed by atoms with Gasteiger partial charge in [0.1, 0.15) is 0 Å². The highest BCUT2D eigenvalue weighted by molar-refractivity contribution is 7.88. The Bertz CT molecular complexity index is 263. The monoisotopic (exact) mass is 221 g/mol. The predicted octanol–water partition coefficient (Wildman–Crippen LogP) is 0.837. The number of unbranched alkanes of at least 4 members (excludes halogenated alkanes) is 1. The van der Waals surface area contributed by atoms with Gasteiger partial charge >= 0.3 is 0 Å².